The van der Waals surface area contributed by atoms with E-state index in [-0.39, 0.29) is 5.91 Å². The largest absolute Gasteiger partial charge is 0.322 e. The van der Waals surface area contributed by atoms with Crippen LogP contribution in [0.25, 0.3) is 0 Å². The van der Waals surface area contributed by atoms with Crippen LogP contribution in [0.4, 0.5) is 5.69 Å². The topological polar surface area (TPSA) is 59.1 Å². The van der Waals surface area contributed by atoms with Crippen LogP contribution in [-0.4, -0.2) is 21.4 Å². The highest BCUT2D eigenvalue weighted by Gasteiger charge is 2.08. The predicted molar refractivity (Wildman–Crippen MR) is 112 cm³/mol. The first-order valence-electron chi connectivity index (χ1n) is 8.42. The van der Waals surface area contributed by atoms with Crippen molar-refractivity contribution in [3.8, 4) is 0 Å². The number of amides is 1. The summed E-state index contributed by atoms with van der Waals surface area (Å²) in [5.41, 5.74) is 3.38. The third kappa shape index (κ3) is 6.05. The predicted octanol–water partition coefficient (Wildman–Crippen LogP) is 4.50. The summed E-state index contributed by atoms with van der Waals surface area (Å²) in [4.78, 5) is 17.7. The molecule has 0 saturated carbocycles. The molecule has 27 heavy (non-hydrogen) atoms. The minimum Gasteiger partial charge on any atom is -0.322 e. The van der Waals surface area contributed by atoms with Crippen molar-refractivity contribution in [2.45, 2.75) is 16.4 Å². The van der Waals surface area contributed by atoms with E-state index in [1.165, 1.54) is 5.56 Å². The molecule has 138 valence electrons. The zero-order valence-corrected chi connectivity index (χ0v) is 16.6. The molecule has 1 N–H and O–H groups in total. The highest BCUT2D eigenvalue weighted by Crippen LogP contribution is 2.24. The smallest absolute Gasteiger partial charge is 0.255 e. The number of thioether (sulfide) groups is 1. The Balaban J connectivity index is 1.59. The molecule has 2 aromatic carbocycles. The fourth-order valence-electron chi connectivity index (χ4n) is 2.52. The van der Waals surface area contributed by atoms with E-state index in [4.69, 9.17) is 0 Å². The van der Waals surface area contributed by atoms with E-state index < -0.39 is 10.8 Å². The lowest BCUT2D eigenvalue weighted by Gasteiger charge is -2.08. The zero-order chi connectivity index (χ0) is 19.1. The van der Waals surface area contributed by atoms with Gasteiger partial charge in [0.05, 0.1) is 0 Å². The average Bonchev–Trinajstić information content (AvgIpc) is 2.68. The molecule has 3 rings (SSSR count). The standard InChI is InChI=1S/C21H20N2O2S2/c1-27(25)15-16-4-2-6-18(12-16)21(24)23-19-7-9-20(10-8-19)26-14-17-5-3-11-22-13-17/h2-13H,14-15H2,1H3,(H,23,24). The molecule has 1 atom stereocenters. The van der Waals surface area contributed by atoms with Crippen molar-refractivity contribution in [3.05, 3.63) is 89.7 Å². The number of nitrogens with zero attached hydrogens (tertiary/aromatic N) is 1. The molecule has 0 saturated heterocycles. The van der Waals surface area contributed by atoms with Crippen molar-refractivity contribution in [3.63, 3.8) is 0 Å². The molecule has 0 bridgehead atoms. The number of benzene rings is 2. The van der Waals surface area contributed by atoms with Gasteiger partial charge in [-0.3, -0.25) is 14.0 Å². The number of anilines is 1. The first-order chi connectivity index (χ1) is 13.1. The molecule has 0 aliphatic heterocycles. The lowest BCUT2D eigenvalue weighted by atomic mass is 10.1. The van der Waals surface area contributed by atoms with Crippen LogP contribution < -0.4 is 5.32 Å². The molecule has 1 unspecified atom stereocenters. The second-order valence-electron chi connectivity index (χ2n) is 6.05. The number of rotatable bonds is 7. The maximum absolute atomic E-state index is 12.4. The van der Waals surface area contributed by atoms with E-state index in [2.05, 4.69) is 16.4 Å². The Morgan fingerprint density at radius 2 is 1.85 bits per heavy atom. The van der Waals surface area contributed by atoms with Gasteiger partial charge in [-0.25, -0.2) is 0 Å². The van der Waals surface area contributed by atoms with Crippen LogP contribution >= 0.6 is 11.8 Å². The van der Waals surface area contributed by atoms with Gasteiger partial charge in [-0.2, -0.15) is 0 Å². The Hall–Kier alpha value is -2.44. The van der Waals surface area contributed by atoms with Gasteiger partial charge in [-0.15, -0.1) is 11.8 Å². The van der Waals surface area contributed by atoms with Crippen LogP contribution in [0.5, 0.6) is 0 Å². The third-order valence-electron chi connectivity index (χ3n) is 3.80. The molecule has 1 amide bonds. The van der Waals surface area contributed by atoms with Crippen molar-refractivity contribution in [2.75, 3.05) is 11.6 Å². The number of aromatic nitrogens is 1. The van der Waals surface area contributed by atoms with E-state index in [0.717, 1.165) is 21.9 Å². The monoisotopic (exact) mass is 396 g/mol. The van der Waals surface area contributed by atoms with Gasteiger partial charge in [0, 0.05) is 57.1 Å². The van der Waals surface area contributed by atoms with Gasteiger partial charge in [0.1, 0.15) is 0 Å². The van der Waals surface area contributed by atoms with Gasteiger partial charge < -0.3 is 5.32 Å². The summed E-state index contributed by atoms with van der Waals surface area (Å²) < 4.78 is 11.4. The van der Waals surface area contributed by atoms with E-state index in [0.29, 0.717) is 11.3 Å². The molecule has 0 radical (unpaired) electrons. The number of hydrogen-bond donors (Lipinski definition) is 1. The summed E-state index contributed by atoms with van der Waals surface area (Å²) in [6.45, 7) is 0. The molecule has 0 spiro atoms. The zero-order valence-electron chi connectivity index (χ0n) is 14.9. The summed E-state index contributed by atoms with van der Waals surface area (Å²) in [7, 11) is -0.933. The Morgan fingerprint density at radius 1 is 1.07 bits per heavy atom. The summed E-state index contributed by atoms with van der Waals surface area (Å²) >= 11 is 1.72. The maximum Gasteiger partial charge on any atom is 0.255 e. The van der Waals surface area contributed by atoms with E-state index in [1.54, 1.807) is 36.3 Å². The van der Waals surface area contributed by atoms with E-state index >= 15 is 0 Å². The van der Waals surface area contributed by atoms with Gasteiger partial charge in [-0.1, -0.05) is 18.2 Å². The van der Waals surface area contributed by atoms with Crippen molar-refractivity contribution in [2.24, 2.45) is 0 Å². The molecule has 6 heteroatoms. The quantitative estimate of drug-likeness (QED) is 0.597. The molecular weight excluding hydrogens is 376 g/mol. The highest BCUT2D eigenvalue weighted by molar-refractivity contribution is 7.98. The summed E-state index contributed by atoms with van der Waals surface area (Å²) in [5, 5.41) is 2.91. The summed E-state index contributed by atoms with van der Waals surface area (Å²) in [5.74, 6) is 1.13. The molecule has 4 nitrogen and oxygen atoms in total. The van der Waals surface area contributed by atoms with Crippen LogP contribution in [0.15, 0.2) is 78.0 Å². The van der Waals surface area contributed by atoms with Crippen LogP contribution in [0.3, 0.4) is 0 Å². The van der Waals surface area contributed by atoms with Crippen molar-refractivity contribution in [1.82, 2.24) is 4.98 Å². The van der Waals surface area contributed by atoms with Crippen molar-refractivity contribution < 1.29 is 9.00 Å². The van der Waals surface area contributed by atoms with Crippen LogP contribution in [0, 0.1) is 0 Å². The lowest BCUT2D eigenvalue weighted by Crippen LogP contribution is -2.12. The van der Waals surface area contributed by atoms with Crippen molar-refractivity contribution in [1.29, 1.82) is 0 Å². The molecule has 1 heterocycles. The Bertz CT molecular complexity index is 928. The molecule has 0 aliphatic rings. The molecule has 1 aromatic heterocycles. The first-order valence-corrected chi connectivity index (χ1v) is 11.1. The minimum absolute atomic E-state index is 0.172. The summed E-state index contributed by atoms with van der Waals surface area (Å²) in [6.07, 6.45) is 5.29. The second kappa shape index (κ2) is 9.48. The van der Waals surface area contributed by atoms with Gasteiger partial charge in [0.2, 0.25) is 0 Å². The first kappa shape index (κ1) is 19.3. The number of nitrogens with one attached hydrogen (secondary N) is 1. The van der Waals surface area contributed by atoms with Crippen molar-refractivity contribution >= 4 is 34.2 Å². The molecular formula is C21H20N2O2S2. The lowest BCUT2D eigenvalue weighted by molar-refractivity contribution is 0.102. The van der Waals surface area contributed by atoms with Gasteiger partial charge in [-0.05, 0) is 53.6 Å². The molecule has 0 aliphatic carbocycles. The normalized spacial score (nSPS) is 11.7. The summed E-state index contributed by atoms with van der Waals surface area (Å²) in [6, 6.07) is 19.0. The fraction of sp³-hybridized carbons (Fsp3) is 0.143. The van der Waals surface area contributed by atoms with Crippen LogP contribution in [-0.2, 0) is 22.3 Å². The average molecular weight is 397 g/mol. The Morgan fingerprint density at radius 3 is 2.56 bits per heavy atom. The van der Waals surface area contributed by atoms with Gasteiger partial charge in [0.25, 0.3) is 5.91 Å². The molecule has 0 fully saturated rings. The van der Waals surface area contributed by atoms with E-state index in [1.807, 2.05) is 48.7 Å². The second-order valence-corrected chi connectivity index (χ2v) is 8.53. The fourth-order valence-corrected chi connectivity index (χ4v) is 4.01. The molecule has 3 aromatic rings. The van der Waals surface area contributed by atoms with Gasteiger partial charge in [0.15, 0.2) is 0 Å². The highest BCUT2D eigenvalue weighted by atomic mass is 32.2. The van der Waals surface area contributed by atoms with E-state index in [9.17, 15) is 9.00 Å². The third-order valence-corrected chi connectivity index (χ3v) is 5.62. The van der Waals surface area contributed by atoms with Gasteiger partial charge >= 0.3 is 0 Å². The SMILES string of the molecule is CS(=O)Cc1cccc(C(=O)Nc2ccc(SCc3cccnc3)cc2)c1. The minimum atomic E-state index is -0.933. The Labute approximate surface area is 165 Å². The number of pyridine rings is 1. The maximum atomic E-state index is 12.4. The number of carbonyl (C=O) groups excluding carboxylic acids is 1. The Kier molecular flexibility index (Phi) is 6.79. The van der Waals surface area contributed by atoms with Crippen LogP contribution in [0.1, 0.15) is 21.5 Å². The van der Waals surface area contributed by atoms with Crippen LogP contribution in [0.2, 0.25) is 0 Å². The number of hydrogen-bond acceptors (Lipinski definition) is 4. The number of carbonyl (C=O) groups is 1.